The minimum atomic E-state index is -0.571. The van der Waals surface area contributed by atoms with Crippen molar-refractivity contribution in [2.75, 3.05) is 26.4 Å². The van der Waals surface area contributed by atoms with Crippen LogP contribution in [0.5, 0.6) is 11.5 Å². The Bertz CT molecular complexity index is 542. The fraction of sp³-hybridized carbons (Fsp3) is 0.556. The van der Waals surface area contributed by atoms with Crippen LogP contribution in [-0.4, -0.2) is 38.2 Å². The molecule has 0 radical (unpaired) electrons. The van der Waals surface area contributed by atoms with Gasteiger partial charge in [0.1, 0.15) is 0 Å². The number of carbonyl (C=O) groups is 2. The highest BCUT2D eigenvalue weighted by atomic mass is 16.5. The number of nitrogens with one attached hydrogen (secondary N) is 1. The Balaban J connectivity index is 2.57. The Kier molecular flexibility index (Phi) is 8.68. The van der Waals surface area contributed by atoms with Gasteiger partial charge in [-0.2, -0.15) is 0 Å². The second-order valence-electron chi connectivity index (χ2n) is 5.64. The van der Waals surface area contributed by atoms with Crippen molar-refractivity contribution in [1.82, 2.24) is 5.32 Å². The van der Waals surface area contributed by atoms with E-state index in [4.69, 9.17) is 14.2 Å². The number of carbonyl (C=O) groups excluding carboxylic acids is 2. The van der Waals surface area contributed by atoms with Crippen LogP contribution in [0, 0.1) is 5.92 Å². The number of amides is 1. The number of ether oxygens (including phenoxy) is 3. The summed E-state index contributed by atoms with van der Waals surface area (Å²) < 4.78 is 15.9. The van der Waals surface area contributed by atoms with Gasteiger partial charge in [-0.25, -0.2) is 4.79 Å². The first-order valence-electron chi connectivity index (χ1n) is 8.31. The summed E-state index contributed by atoms with van der Waals surface area (Å²) in [4.78, 5) is 23.7. The molecular formula is C18H27NO5. The molecule has 24 heavy (non-hydrogen) atoms. The van der Waals surface area contributed by atoms with Gasteiger partial charge in [0.15, 0.2) is 18.1 Å². The molecule has 1 rings (SSSR count). The van der Waals surface area contributed by atoms with Crippen LogP contribution in [0.15, 0.2) is 18.2 Å². The molecule has 1 amide bonds. The van der Waals surface area contributed by atoms with Crippen molar-refractivity contribution in [3.63, 3.8) is 0 Å². The highest BCUT2D eigenvalue weighted by Crippen LogP contribution is 2.28. The normalized spacial score (nSPS) is 10.4. The summed E-state index contributed by atoms with van der Waals surface area (Å²) in [7, 11) is 0. The monoisotopic (exact) mass is 337 g/mol. The number of benzene rings is 1. The SMILES string of the molecule is CCOc1ccc(C(=O)OCC(=O)NCCC(C)C)cc1OCC. The quantitative estimate of drug-likeness (QED) is 0.665. The maximum atomic E-state index is 12.1. The second kappa shape index (κ2) is 10.5. The highest BCUT2D eigenvalue weighted by Gasteiger charge is 2.14. The van der Waals surface area contributed by atoms with Gasteiger partial charge in [0.2, 0.25) is 0 Å². The summed E-state index contributed by atoms with van der Waals surface area (Å²) in [6.07, 6.45) is 0.885. The first kappa shape index (κ1) is 19.8. The molecule has 0 heterocycles. The Morgan fingerprint density at radius 3 is 2.38 bits per heavy atom. The van der Waals surface area contributed by atoms with Crippen molar-refractivity contribution < 1.29 is 23.8 Å². The fourth-order valence-electron chi connectivity index (χ4n) is 1.94. The van der Waals surface area contributed by atoms with Gasteiger partial charge in [-0.3, -0.25) is 4.79 Å². The largest absolute Gasteiger partial charge is 0.490 e. The van der Waals surface area contributed by atoms with Crippen LogP contribution in [0.4, 0.5) is 0 Å². The summed E-state index contributed by atoms with van der Waals surface area (Å²) in [6, 6.07) is 4.81. The Hall–Kier alpha value is -2.24. The van der Waals surface area contributed by atoms with Gasteiger partial charge < -0.3 is 19.5 Å². The van der Waals surface area contributed by atoms with E-state index < -0.39 is 5.97 Å². The first-order chi connectivity index (χ1) is 11.5. The average Bonchev–Trinajstić information content (AvgIpc) is 2.54. The average molecular weight is 337 g/mol. The molecule has 1 N–H and O–H groups in total. The maximum absolute atomic E-state index is 12.1. The van der Waals surface area contributed by atoms with Crippen molar-refractivity contribution in [3.05, 3.63) is 23.8 Å². The van der Waals surface area contributed by atoms with E-state index in [-0.39, 0.29) is 12.5 Å². The third-order valence-electron chi connectivity index (χ3n) is 3.16. The Labute approximate surface area is 143 Å². The van der Waals surface area contributed by atoms with Crippen molar-refractivity contribution in [2.45, 2.75) is 34.1 Å². The third kappa shape index (κ3) is 6.89. The van der Waals surface area contributed by atoms with E-state index in [0.29, 0.717) is 42.7 Å². The van der Waals surface area contributed by atoms with Crippen LogP contribution in [0.1, 0.15) is 44.5 Å². The van der Waals surface area contributed by atoms with Crippen molar-refractivity contribution in [1.29, 1.82) is 0 Å². The van der Waals surface area contributed by atoms with Crippen molar-refractivity contribution in [3.8, 4) is 11.5 Å². The van der Waals surface area contributed by atoms with E-state index in [1.165, 1.54) is 0 Å². The molecule has 0 bridgehead atoms. The molecule has 0 saturated carbocycles. The number of hydrogen-bond acceptors (Lipinski definition) is 5. The molecule has 0 unspecified atom stereocenters. The van der Waals surface area contributed by atoms with E-state index in [9.17, 15) is 9.59 Å². The summed E-state index contributed by atoms with van der Waals surface area (Å²) >= 11 is 0. The molecule has 6 nitrogen and oxygen atoms in total. The summed E-state index contributed by atoms with van der Waals surface area (Å²) in [5.74, 6) is 0.684. The lowest BCUT2D eigenvalue weighted by molar-refractivity contribution is -0.124. The fourth-order valence-corrected chi connectivity index (χ4v) is 1.94. The van der Waals surface area contributed by atoms with E-state index in [0.717, 1.165) is 6.42 Å². The van der Waals surface area contributed by atoms with Crippen LogP contribution < -0.4 is 14.8 Å². The van der Waals surface area contributed by atoms with Crippen LogP contribution in [-0.2, 0) is 9.53 Å². The van der Waals surface area contributed by atoms with Crippen molar-refractivity contribution >= 4 is 11.9 Å². The molecule has 134 valence electrons. The smallest absolute Gasteiger partial charge is 0.338 e. The van der Waals surface area contributed by atoms with Crippen LogP contribution in [0.2, 0.25) is 0 Å². The number of rotatable bonds is 10. The summed E-state index contributed by atoms with van der Waals surface area (Å²) in [5, 5.41) is 2.72. The molecule has 6 heteroatoms. The van der Waals surface area contributed by atoms with E-state index in [1.807, 2.05) is 13.8 Å². The highest BCUT2D eigenvalue weighted by molar-refractivity contribution is 5.92. The summed E-state index contributed by atoms with van der Waals surface area (Å²) in [5.41, 5.74) is 0.317. The predicted octanol–water partition coefficient (Wildman–Crippen LogP) is 2.80. The lowest BCUT2D eigenvalue weighted by atomic mass is 10.1. The molecular weight excluding hydrogens is 310 g/mol. The van der Waals surface area contributed by atoms with E-state index in [1.54, 1.807) is 18.2 Å². The van der Waals surface area contributed by atoms with Crippen LogP contribution in [0.25, 0.3) is 0 Å². The van der Waals surface area contributed by atoms with E-state index in [2.05, 4.69) is 19.2 Å². The van der Waals surface area contributed by atoms with Gasteiger partial charge in [-0.05, 0) is 44.4 Å². The van der Waals surface area contributed by atoms with E-state index >= 15 is 0 Å². The maximum Gasteiger partial charge on any atom is 0.338 e. The zero-order chi connectivity index (χ0) is 17.9. The molecule has 1 aromatic rings. The van der Waals surface area contributed by atoms with Crippen LogP contribution >= 0.6 is 0 Å². The minimum Gasteiger partial charge on any atom is -0.490 e. The summed E-state index contributed by atoms with van der Waals surface area (Å²) in [6.45, 7) is 9.11. The molecule has 0 atom stereocenters. The molecule has 0 fully saturated rings. The molecule has 0 spiro atoms. The van der Waals surface area contributed by atoms with Gasteiger partial charge in [0, 0.05) is 6.54 Å². The topological polar surface area (TPSA) is 73.9 Å². The zero-order valence-corrected chi connectivity index (χ0v) is 14.9. The lowest BCUT2D eigenvalue weighted by Crippen LogP contribution is -2.30. The molecule has 0 saturated heterocycles. The molecule has 0 aliphatic heterocycles. The van der Waals surface area contributed by atoms with Gasteiger partial charge >= 0.3 is 5.97 Å². The van der Waals surface area contributed by atoms with Gasteiger partial charge in [-0.15, -0.1) is 0 Å². The standard InChI is InChI=1S/C18H27NO5/c1-5-22-15-8-7-14(11-16(15)23-6-2)18(21)24-12-17(20)19-10-9-13(3)4/h7-8,11,13H,5-6,9-10,12H2,1-4H3,(H,19,20). The van der Waals surface area contributed by atoms with Gasteiger partial charge in [-0.1, -0.05) is 13.8 Å². The van der Waals surface area contributed by atoms with Gasteiger partial charge in [0.25, 0.3) is 5.91 Å². The van der Waals surface area contributed by atoms with Crippen LogP contribution in [0.3, 0.4) is 0 Å². The number of esters is 1. The zero-order valence-electron chi connectivity index (χ0n) is 14.9. The minimum absolute atomic E-state index is 0.298. The molecule has 0 aliphatic carbocycles. The second-order valence-corrected chi connectivity index (χ2v) is 5.64. The third-order valence-corrected chi connectivity index (χ3v) is 3.16. The Morgan fingerprint density at radius 2 is 1.75 bits per heavy atom. The number of hydrogen-bond donors (Lipinski definition) is 1. The van der Waals surface area contributed by atoms with Crippen molar-refractivity contribution in [2.24, 2.45) is 5.92 Å². The Morgan fingerprint density at radius 1 is 1.08 bits per heavy atom. The molecule has 1 aromatic carbocycles. The lowest BCUT2D eigenvalue weighted by Gasteiger charge is -2.12. The molecule has 0 aliphatic rings. The first-order valence-corrected chi connectivity index (χ1v) is 8.31. The predicted molar refractivity (Wildman–Crippen MR) is 91.5 cm³/mol. The van der Waals surface area contributed by atoms with Gasteiger partial charge in [0.05, 0.1) is 18.8 Å². The molecule has 0 aromatic heterocycles.